The second kappa shape index (κ2) is 12.9. The Morgan fingerprint density at radius 2 is 1.83 bits per heavy atom. The van der Waals surface area contributed by atoms with Gasteiger partial charge in [-0.3, -0.25) is 9.59 Å². The molecule has 1 heterocycles. The average Bonchev–Trinajstić information content (AvgIpc) is 2.83. The van der Waals surface area contributed by atoms with Gasteiger partial charge >= 0.3 is 0 Å². The molecular formula is C28H37N3O4S. The number of benzene rings is 1. The molecule has 1 N–H and O–H groups in total. The number of fused-ring (bicyclic) bond motifs is 1. The number of thioether (sulfide) groups is 1. The molecule has 0 aromatic heterocycles. The molecule has 1 atom stereocenters. The number of carbonyl (C=O) groups excluding carboxylic acids is 2. The van der Waals surface area contributed by atoms with Crippen molar-refractivity contribution in [2.24, 2.45) is 16.8 Å². The van der Waals surface area contributed by atoms with Crippen molar-refractivity contribution in [2.75, 3.05) is 40.4 Å². The predicted molar refractivity (Wildman–Crippen MR) is 148 cm³/mol. The molecule has 1 aliphatic carbocycles. The van der Waals surface area contributed by atoms with Crippen LogP contribution in [0.1, 0.15) is 33.3 Å². The molecule has 0 saturated carbocycles. The maximum Gasteiger partial charge on any atom is 0.283 e. The highest BCUT2D eigenvalue weighted by atomic mass is 32.2. The van der Waals surface area contributed by atoms with Crippen molar-refractivity contribution in [1.29, 1.82) is 0 Å². The molecule has 0 bridgehead atoms. The lowest BCUT2D eigenvalue weighted by Gasteiger charge is -2.26. The molecule has 3 rings (SSSR count). The lowest BCUT2D eigenvalue weighted by atomic mass is 10.0. The van der Waals surface area contributed by atoms with Crippen molar-refractivity contribution in [2.45, 2.75) is 32.9 Å². The average molecular weight is 512 g/mol. The van der Waals surface area contributed by atoms with Gasteiger partial charge in [0.15, 0.2) is 11.5 Å². The molecule has 194 valence electrons. The molecule has 1 aromatic carbocycles. The quantitative estimate of drug-likeness (QED) is 0.445. The van der Waals surface area contributed by atoms with E-state index in [0.717, 1.165) is 25.2 Å². The summed E-state index contributed by atoms with van der Waals surface area (Å²) in [5.41, 5.74) is 1.94. The molecule has 7 nitrogen and oxygen atoms in total. The minimum Gasteiger partial charge on any atom is -0.493 e. The Morgan fingerprint density at radius 1 is 1.14 bits per heavy atom. The number of methoxy groups -OCH3 is 2. The fourth-order valence-corrected chi connectivity index (χ4v) is 5.21. The maximum atomic E-state index is 12.8. The SMILES string of the molecule is COc1ccc(/C=C2/SC3C=CC(C(=O)NCCN(CC(C)C)CC(C)C)=CC3=NC2=O)cc1OC. The van der Waals surface area contributed by atoms with Crippen LogP contribution in [-0.4, -0.2) is 68.1 Å². The van der Waals surface area contributed by atoms with Crippen LogP contribution in [0.4, 0.5) is 0 Å². The van der Waals surface area contributed by atoms with Crippen molar-refractivity contribution >= 4 is 35.4 Å². The molecule has 0 saturated heterocycles. The highest BCUT2D eigenvalue weighted by molar-refractivity contribution is 8.05. The van der Waals surface area contributed by atoms with Crippen molar-refractivity contribution < 1.29 is 19.1 Å². The number of amides is 2. The van der Waals surface area contributed by atoms with Crippen molar-refractivity contribution in [1.82, 2.24) is 10.2 Å². The van der Waals surface area contributed by atoms with Crippen LogP contribution in [0.25, 0.3) is 6.08 Å². The number of allylic oxidation sites excluding steroid dienone is 1. The van der Waals surface area contributed by atoms with E-state index in [1.807, 2.05) is 24.3 Å². The second-order valence-electron chi connectivity index (χ2n) is 9.77. The molecule has 2 aliphatic rings. The van der Waals surface area contributed by atoms with E-state index in [1.165, 1.54) is 11.8 Å². The number of nitrogens with zero attached hydrogens (tertiary/aromatic N) is 2. The van der Waals surface area contributed by atoms with E-state index in [1.54, 1.807) is 32.4 Å². The van der Waals surface area contributed by atoms with Crippen molar-refractivity contribution in [3.8, 4) is 11.5 Å². The summed E-state index contributed by atoms with van der Waals surface area (Å²) >= 11 is 1.43. The highest BCUT2D eigenvalue weighted by Gasteiger charge is 2.28. The van der Waals surface area contributed by atoms with Gasteiger partial charge in [-0.2, -0.15) is 0 Å². The fourth-order valence-electron chi connectivity index (χ4n) is 4.18. The van der Waals surface area contributed by atoms with Gasteiger partial charge in [-0.25, -0.2) is 4.99 Å². The Hall–Kier alpha value is -2.84. The van der Waals surface area contributed by atoms with E-state index in [2.05, 4.69) is 42.9 Å². The van der Waals surface area contributed by atoms with Gasteiger partial charge < -0.3 is 19.7 Å². The number of ether oxygens (including phenoxy) is 2. The smallest absolute Gasteiger partial charge is 0.283 e. The number of aliphatic imine (C=N–C) groups is 1. The van der Waals surface area contributed by atoms with Crippen LogP contribution in [0.3, 0.4) is 0 Å². The van der Waals surface area contributed by atoms with E-state index in [0.29, 0.717) is 46.1 Å². The monoisotopic (exact) mass is 511 g/mol. The minimum atomic E-state index is -0.314. The molecule has 1 aliphatic heterocycles. The fraction of sp³-hybridized carbons (Fsp3) is 0.464. The van der Waals surface area contributed by atoms with Crippen molar-refractivity contribution in [3.05, 3.63) is 52.5 Å². The number of hydrogen-bond donors (Lipinski definition) is 1. The van der Waals surface area contributed by atoms with E-state index in [-0.39, 0.29) is 17.1 Å². The molecule has 2 amide bonds. The summed E-state index contributed by atoms with van der Waals surface area (Å²) in [6.07, 6.45) is 7.26. The van der Waals surface area contributed by atoms with Crippen molar-refractivity contribution in [3.63, 3.8) is 0 Å². The molecule has 0 fully saturated rings. The van der Waals surface area contributed by atoms with Gasteiger partial charge in [0.05, 0.1) is 30.1 Å². The molecule has 0 radical (unpaired) electrons. The first kappa shape index (κ1) is 27.7. The molecule has 1 aromatic rings. The van der Waals surface area contributed by atoms with Gasteiger partial charge in [-0.1, -0.05) is 45.9 Å². The summed E-state index contributed by atoms with van der Waals surface area (Å²) in [7, 11) is 3.16. The molecule has 8 heteroatoms. The van der Waals surface area contributed by atoms with Crippen LogP contribution < -0.4 is 14.8 Å². The van der Waals surface area contributed by atoms with E-state index < -0.39 is 0 Å². The number of rotatable bonds is 11. The van der Waals surface area contributed by atoms with E-state index in [4.69, 9.17) is 9.47 Å². The Kier molecular flexibility index (Phi) is 9.96. The predicted octanol–water partition coefficient (Wildman–Crippen LogP) is 4.35. The van der Waals surface area contributed by atoms with Gasteiger partial charge in [0.25, 0.3) is 11.8 Å². The van der Waals surface area contributed by atoms with E-state index >= 15 is 0 Å². The summed E-state index contributed by atoms with van der Waals surface area (Å²) in [6.45, 7) is 12.2. The summed E-state index contributed by atoms with van der Waals surface area (Å²) in [6, 6.07) is 5.49. The number of hydrogen-bond acceptors (Lipinski definition) is 6. The van der Waals surface area contributed by atoms with Crippen LogP contribution in [0.5, 0.6) is 11.5 Å². The maximum absolute atomic E-state index is 12.8. The molecule has 1 unspecified atom stereocenters. The van der Waals surface area contributed by atoms with Gasteiger partial charge in [0, 0.05) is 31.8 Å². The number of nitrogens with one attached hydrogen (secondary N) is 1. The summed E-state index contributed by atoms with van der Waals surface area (Å²) in [5, 5.41) is 2.90. The lowest BCUT2D eigenvalue weighted by Crippen LogP contribution is -2.39. The van der Waals surface area contributed by atoms with Crippen LogP contribution in [0, 0.1) is 11.8 Å². The second-order valence-corrected chi connectivity index (χ2v) is 10.9. The summed E-state index contributed by atoms with van der Waals surface area (Å²) < 4.78 is 10.6. The Labute approximate surface area is 218 Å². The first-order chi connectivity index (χ1) is 17.2. The van der Waals surface area contributed by atoms with Gasteiger partial charge in [-0.15, -0.1) is 11.8 Å². The standard InChI is InChI=1S/C28H37N3O4S/c1-18(2)16-31(17-19(3)4)12-11-29-27(32)21-8-10-25-22(15-21)30-28(33)26(36-25)14-20-7-9-23(34-5)24(13-20)35-6/h7-10,13-15,18-19,25H,11-12,16-17H2,1-6H3,(H,29,32)/b26-14+. The molecule has 0 spiro atoms. The van der Waals surface area contributed by atoms with Crippen LogP contribution in [0.2, 0.25) is 0 Å². The van der Waals surface area contributed by atoms with Crippen LogP contribution in [-0.2, 0) is 9.59 Å². The van der Waals surface area contributed by atoms with Gasteiger partial charge in [0.1, 0.15) is 0 Å². The lowest BCUT2D eigenvalue weighted by molar-refractivity contribution is -0.117. The zero-order valence-corrected chi connectivity index (χ0v) is 22.9. The van der Waals surface area contributed by atoms with E-state index in [9.17, 15) is 9.59 Å². The zero-order chi connectivity index (χ0) is 26.2. The molecular weight excluding hydrogens is 474 g/mol. The normalized spacial score (nSPS) is 18.4. The van der Waals surface area contributed by atoms with Gasteiger partial charge in [-0.05, 0) is 41.7 Å². The topological polar surface area (TPSA) is 80.2 Å². The van der Waals surface area contributed by atoms with Gasteiger partial charge in [0.2, 0.25) is 0 Å². The van der Waals surface area contributed by atoms with Crippen LogP contribution >= 0.6 is 11.8 Å². The molecule has 36 heavy (non-hydrogen) atoms. The summed E-state index contributed by atoms with van der Waals surface area (Å²) in [5.74, 6) is 1.91. The van der Waals surface area contributed by atoms with Crippen LogP contribution in [0.15, 0.2) is 51.9 Å². The first-order valence-electron chi connectivity index (χ1n) is 12.3. The highest BCUT2D eigenvalue weighted by Crippen LogP contribution is 2.35. The first-order valence-corrected chi connectivity index (χ1v) is 13.2. The Balaban J connectivity index is 1.64. The Morgan fingerprint density at radius 3 is 2.47 bits per heavy atom. The zero-order valence-electron chi connectivity index (χ0n) is 22.0. The third-order valence-corrected chi connectivity index (χ3v) is 6.87. The number of carbonyl (C=O) groups is 2. The Bertz CT molecular complexity index is 1080. The summed E-state index contributed by atoms with van der Waals surface area (Å²) in [4.78, 5) is 32.7. The minimum absolute atomic E-state index is 0.113. The third kappa shape index (κ3) is 7.58. The third-order valence-electron chi connectivity index (χ3n) is 5.67. The largest absolute Gasteiger partial charge is 0.493 e.